The maximum Gasteiger partial charge on any atom is 0.273 e. The molecule has 24 heavy (non-hydrogen) atoms. The topological polar surface area (TPSA) is 72.0 Å². The molecule has 1 aromatic rings. The summed E-state index contributed by atoms with van der Waals surface area (Å²) in [6, 6.07) is 0. The van der Waals surface area contributed by atoms with E-state index < -0.39 is 0 Å². The summed E-state index contributed by atoms with van der Waals surface area (Å²) in [7, 11) is 0. The van der Waals surface area contributed by atoms with E-state index in [1.54, 1.807) is 10.3 Å². The van der Waals surface area contributed by atoms with Gasteiger partial charge in [-0.1, -0.05) is 0 Å². The normalized spacial score (nSPS) is 29.8. The number of ether oxygens (including phenoxy) is 1. The standard InChI is InChI=1S/C16H21N3O4S/c1-10-17-13(9-24-10)16(21)18-6-11-12(8-22-14(11)7-18)15(20)19-4-2-3-5-23-19/h9,11-12,14H,2-8H2,1H3/t11-,12-,14-/m0/s1. The van der Waals surface area contributed by atoms with Gasteiger partial charge in [0.25, 0.3) is 11.8 Å². The third-order valence-electron chi connectivity index (χ3n) is 5.01. The fourth-order valence-electron chi connectivity index (χ4n) is 3.71. The van der Waals surface area contributed by atoms with Crippen LogP contribution in [0.1, 0.15) is 28.3 Å². The van der Waals surface area contributed by atoms with Crippen LogP contribution in [-0.2, 0) is 14.4 Å². The summed E-state index contributed by atoms with van der Waals surface area (Å²) in [6.45, 7) is 4.63. The molecule has 0 bridgehead atoms. The van der Waals surface area contributed by atoms with Crippen LogP contribution in [0, 0.1) is 18.8 Å². The second kappa shape index (κ2) is 6.42. The van der Waals surface area contributed by atoms with Gasteiger partial charge in [-0.25, -0.2) is 10.0 Å². The number of nitrogens with zero attached hydrogens (tertiary/aromatic N) is 3. The predicted octanol–water partition coefficient (Wildman–Crippen LogP) is 1.09. The van der Waals surface area contributed by atoms with Gasteiger partial charge in [0.1, 0.15) is 5.69 Å². The first-order valence-corrected chi connectivity index (χ1v) is 9.29. The summed E-state index contributed by atoms with van der Waals surface area (Å²) in [5.74, 6) is -0.242. The van der Waals surface area contributed by atoms with Crippen LogP contribution in [0.5, 0.6) is 0 Å². The number of hydrogen-bond donors (Lipinski definition) is 0. The van der Waals surface area contributed by atoms with Gasteiger partial charge in [-0.15, -0.1) is 11.3 Å². The van der Waals surface area contributed by atoms with Crippen molar-refractivity contribution in [2.45, 2.75) is 25.9 Å². The van der Waals surface area contributed by atoms with Crippen LogP contribution in [0.4, 0.5) is 0 Å². The molecule has 3 fully saturated rings. The number of carbonyl (C=O) groups is 2. The van der Waals surface area contributed by atoms with Gasteiger partial charge in [0.15, 0.2) is 0 Å². The van der Waals surface area contributed by atoms with Crippen molar-refractivity contribution in [3.8, 4) is 0 Å². The van der Waals surface area contributed by atoms with E-state index in [4.69, 9.17) is 9.57 Å². The highest BCUT2D eigenvalue weighted by molar-refractivity contribution is 7.09. The lowest BCUT2D eigenvalue weighted by Crippen LogP contribution is -2.43. The number of aryl methyl sites for hydroxylation is 1. The van der Waals surface area contributed by atoms with Gasteiger partial charge in [0.2, 0.25) is 0 Å². The number of amides is 2. The van der Waals surface area contributed by atoms with Crippen molar-refractivity contribution in [2.24, 2.45) is 11.8 Å². The van der Waals surface area contributed by atoms with Crippen LogP contribution in [0.25, 0.3) is 0 Å². The van der Waals surface area contributed by atoms with Crippen LogP contribution in [0.2, 0.25) is 0 Å². The molecule has 0 saturated carbocycles. The second-order valence-corrected chi connectivity index (χ2v) is 7.65. The first-order valence-electron chi connectivity index (χ1n) is 8.41. The molecule has 7 nitrogen and oxygen atoms in total. The minimum absolute atomic E-state index is 0.000928. The monoisotopic (exact) mass is 351 g/mol. The fraction of sp³-hybridized carbons (Fsp3) is 0.688. The summed E-state index contributed by atoms with van der Waals surface area (Å²) in [5.41, 5.74) is 0.486. The number of thiazole rings is 1. The maximum absolute atomic E-state index is 12.7. The Bertz CT molecular complexity index is 643. The highest BCUT2D eigenvalue weighted by Crippen LogP contribution is 2.35. The Hall–Kier alpha value is -1.51. The molecule has 0 aromatic carbocycles. The number of aromatic nitrogens is 1. The van der Waals surface area contributed by atoms with Crippen molar-refractivity contribution in [1.29, 1.82) is 0 Å². The molecule has 3 saturated heterocycles. The molecule has 0 N–H and O–H groups in total. The van der Waals surface area contributed by atoms with E-state index in [1.807, 2.05) is 6.92 Å². The smallest absolute Gasteiger partial charge is 0.273 e. The van der Waals surface area contributed by atoms with E-state index in [2.05, 4.69) is 4.98 Å². The average molecular weight is 351 g/mol. The largest absolute Gasteiger partial charge is 0.375 e. The predicted molar refractivity (Wildman–Crippen MR) is 86.4 cm³/mol. The highest BCUT2D eigenvalue weighted by atomic mass is 32.1. The fourth-order valence-corrected chi connectivity index (χ4v) is 4.30. The Kier molecular flexibility index (Phi) is 4.28. The van der Waals surface area contributed by atoms with Crippen molar-refractivity contribution in [1.82, 2.24) is 14.9 Å². The Morgan fingerprint density at radius 3 is 2.92 bits per heavy atom. The SMILES string of the molecule is Cc1nc(C(=O)N2C[C@@H]3[C@H](C2)OC[C@@H]3C(=O)N2CCCCO2)cs1. The van der Waals surface area contributed by atoms with Crippen LogP contribution in [-0.4, -0.2) is 65.7 Å². The van der Waals surface area contributed by atoms with Crippen LogP contribution >= 0.6 is 11.3 Å². The Labute approximate surface area is 144 Å². The lowest BCUT2D eigenvalue weighted by atomic mass is 9.92. The number of fused-ring (bicyclic) bond motifs is 1. The average Bonchev–Trinajstić information content (AvgIpc) is 3.29. The van der Waals surface area contributed by atoms with Gasteiger partial charge in [-0.2, -0.15) is 0 Å². The zero-order valence-corrected chi connectivity index (χ0v) is 14.5. The van der Waals surface area contributed by atoms with E-state index in [1.165, 1.54) is 16.4 Å². The number of hydrogen-bond acceptors (Lipinski definition) is 6. The lowest BCUT2D eigenvalue weighted by Gasteiger charge is -2.29. The second-order valence-electron chi connectivity index (χ2n) is 6.58. The van der Waals surface area contributed by atoms with Crippen LogP contribution in [0.3, 0.4) is 0 Å². The van der Waals surface area contributed by atoms with Crippen molar-refractivity contribution in [3.63, 3.8) is 0 Å². The van der Waals surface area contributed by atoms with Crippen molar-refractivity contribution in [2.75, 3.05) is 32.8 Å². The van der Waals surface area contributed by atoms with Crippen LogP contribution < -0.4 is 0 Å². The summed E-state index contributed by atoms with van der Waals surface area (Å²) in [6.07, 6.45) is 1.90. The van der Waals surface area contributed by atoms with Crippen molar-refractivity contribution >= 4 is 23.2 Å². The lowest BCUT2D eigenvalue weighted by molar-refractivity contribution is -0.202. The van der Waals surface area contributed by atoms with Gasteiger partial charge in [-0.05, 0) is 19.8 Å². The van der Waals surface area contributed by atoms with Gasteiger partial charge < -0.3 is 9.64 Å². The number of hydroxylamine groups is 2. The molecule has 4 heterocycles. The molecule has 3 aliphatic heterocycles. The summed E-state index contributed by atoms with van der Waals surface area (Å²) in [4.78, 5) is 36.8. The van der Waals surface area contributed by atoms with Crippen molar-refractivity contribution < 1.29 is 19.2 Å². The van der Waals surface area contributed by atoms with E-state index >= 15 is 0 Å². The van der Waals surface area contributed by atoms with Gasteiger partial charge in [0.05, 0.1) is 30.2 Å². The van der Waals surface area contributed by atoms with Gasteiger partial charge in [-0.3, -0.25) is 14.4 Å². The number of rotatable bonds is 2. The third-order valence-corrected chi connectivity index (χ3v) is 5.78. The Morgan fingerprint density at radius 2 is 2.21 bits per heavy atom. The Morgan fingerprint density at radius 1 is 1.33 bits per heavy atom. The minimum Gasteiger partial charge on any atom is -0.375 e. The molecule has 8 heteroatoms. The van der Waals surface area contributed by atoms with Gasteiger partial charge in [0, 0.05) is 30.9 Å². The number of likely N-dealkylation sites (tertiary alicyclic amines) is 1. The first-order chi connectivity index (χ1) is 11.6. The molecule has 0 spiro atoms. The molecular formula is C16H21N3O4S. The maximum atomic E-state index is 12.7. The van der Waals surface area contributed by atoms with Gasteiger partial charge >= 0.3 is 0 Å². The molecule has 130 valence electrons. The summed E-state index contributed by atoms with van der Waals surface area (Å²) < 4.78 is 5.81. The molecule has 3 atom stereocenters. The van der Waals surface area contributed by atoms with Crippen molar-refractivity contribution in [3.05, 3.63) is 16.1 Å². The van der Waals surface area contributed by atoms with E-state index in [0.717, 1.165) is 17.8 Å². The molecule has 0 radical (unpaired) electrons. The molecule has 1 aromatic heterocycles. The minimum atomic E-state index is -0.219. The summed E-state index contributed by atoms with van der Waals surface area (Å²) in [5, 5.41) is 4.16. The Balaban J connectivity index is 1.43. The molecule has 2 amide bonds. The zero-order chi connectivity index (χ0) is 16.7. The van der Waals surface area contributed by atoms with Crippen LogP contribution in [0.15, 0.2) is 5.38 Å². The molecule has 0 aliphatic carbocycles. The molecular weight excluding hydrogens is 330 g/mol. The van der Waals surface area contributed by atoms with E-state index in [9.17, 15) is 9.59 Å². The molecule has 4 rings (SSSR count). The quantitative estimate of drug-likeness (QED) is 0.798. The highest BCUT2D eigenvalue weighted by Gasteiger charge is 2.49. The molecule has 0 unspecified atom stereocenters. The third kappa shape index (κ3) is 2.82. The van der Waals surface area contributed by atoms with E-state index in [0.29, 0.717) is 38.5 Å². The van der Waals surface area contributed by atoms with E-state index in [-0.39, 0.29) is 29.8 Å². The molecule has 3 aliphatic rings. The zero-order valence-electron chi connectivity index (χ0n) is 13.6. The summed E-state index contributed by atoms with van der Waals surface area (Å²) >= 11 is 1.47. The number of carbonyl (C=O) groups excluding carboxylic acids is 2. The first kappa shape index (κ1) is 16.0.